The molecule has 1 rings (SSSR count). The molecule has 0 saturated carbocycles. The van der Waals surface area contributed by atoms with Crippen LogP contribution in [0.4, 0.5) is 27.6 Å². The molecular formula is C7H4F5N3O5S. The number of primary sulfonamides is 1. The number of aromatic nitrogens is 1. The highest BCUT2D eigenvalue weighted by Crippen LogP contribution is 2.39. The molecule has 0 aliphatic carbocycles. The molecular weight excluding hydrogens is 333 g/mol. The number of hydrogen-bond acceptors (Lipinski definition) is 6. The van der Waals surface area contributed by atoms with E-state index in [-0.39, 0.29) is 6.07 Å². The van der Waals surface area contributed by atoms with Gasteiger partial charge in [-0.2, -0.15) is 0 Å². The standard InChI is InChI=1S/C7H4F5N3O5S/c8-6(9)4-5(15(16)17)2(20-7(10,11)12)1-3(14-4)21(13,18)19/h1,6H,(H2,13,18,19). The normalized spacial score (nSPS) is 12.5. The van der Waals surface area contributed by atoms with Crippen LogP contribution in [0.3, 0.4) is 0 Å². The molecule has 1 aromatic heterocycles. The van der Waals surface area contributed by atoms with Crippen molar-refractivity contribution >= 4 is 15.7 Å². The fourth-order valence-corrected chi connectivity index (χ4v) is 1.69. The number of alkyl halides is 5. The number of hydrogen-bond donors (Lipinski definition) is 1. The van der Waals surface area contributed by atoms with Crippen LogP contribution in [0.1, 0.15) is 12.1 Å². The Hall–Kier alpha value is -2.09. The van der Waals surface area contributed by atoms with Crippen LogP contribution in [0.5, 0.6) is 5.75 Å². The molecule has 21 heavy (non-hydrogen) atoms. The Morgan fingerprint density at radius 2 is 1.90 bits per heavy atom. The summed E-state index contributed by atoms with van der Waals surface area (Å²) in [5, 5.41) is 13.7. The number of nitrogens with two attached hydrogens (primary N) is 1. The van der Waals surface area contributed by atoms with E-state index in [0.717, 1.165) is 0 Å². The van der Waals surface area contributed by atoms with Gasteiger partial charge in [0.1, 0.15) is 0 Å². The minimum Gasteiger partial charge on any atom is -0.398 e. The van der Waals surface area contributed by atoms with Crippen molar-refractivity contribution in [2.75, 3.05) is 0 Å². The summed E-state index contributed by atoms with van der Waals surface area (Å²) in [5.41, 5.74) is -3.62. The van der Waals surface area contributed by atoms with Gasteiger partial charge < -0.3 is 4.74 Å². The number of ether oxygens (including phenoxy) is 1. The van der Waals surface area contributed by atoms with Crippen LogP contribution >= 0.6 is 0 Å². The number of rotatable bonds is 4. The van der Waals surface area contributed by atoms with Crippen LogP contribution in [0.15, 0.2) is 11.1 Å². The molecule has 0 amide bonds. The third-order valence-corrected chi connectivity index (χ3v) is 2.66. The molecule has 0 aliphatic rings. The Morgan fingerprint density at radius 3 is 2.24 bits per heavy atom. The lowest BCUT2D eigenvalue weighted by Crippen LogP contribution is -2.21. The highest BCUT2D eigenvalue weighted by molar-refractivity contribution is 7.89. The number of pyridine rings is 1. The van der Waals surface area contributed by atoms with E-state index in [9.17, 15) is 40.5 Å². The first-order valence-corrected chi connectivity index (χ1v) is 6.13. The SMILES string of the molecule is NS(=O)(=O)c1cc(OC(F)(F)F)c([N+](=O)[O-])c(C(F)F)n1. The van der Waals surface area contributed by atoms with E-state index < -0.39 is 49.9 Å². The summed E-state index contributed by atoms with van der Waals surface area (Å²) in [5.74, 6) is -1.76. The molecule has 2 N–H and O–H groups in total. The Bertz CT molecular complexity index is 674. The van der Waals surface area contributed by atoms with Crippen LogP contribution in [0.25, 0.3) is 0 Å². The van der Waals surface area contributed by atoms with Crippen molar-refractivity contribution in [2.24, 2.45) is 5.14 Å². The second-order valence-electron chi connectivity index (χ2n) is 3.34. The largest absolute Gasteiger partial charge is 0.573 e. The van der Waals surface area contributed by atoms with Gasteiger partial charge in [-0.3, -0.25) is 10.1 Å². The average molecular weight is 337 g/mol. The summed E-state index contributed by atoms with van der Waals surface area (Å²) in [6.45, 7) is 0. The fraction of sp³-hybridized carbons (Fsp3) is 0.286. The molecule has 1 heterocycles. The Kier molecular flexibility index (Phi) is 4.33. The molecule has 0 bridgehead atoms. The third kappa shape index (κ3) is 4.19. The zero-order chi connectivity index (χ0) is 16.6. The monoisotopic (exact) mass is 337 g/mol. The van der Waals surface area contributed by atoms with Gasteiger partial charge in [-0.1, -0.05) is 0 Å². The number of halogens is 5. The topological polar surface area (TPSA) is 125 Å². The molecule has 0 spiro atoms. The van der Waals surface area contributed by atoms with Crippen LogP contribution in [0.2, 0.25) is 0 Å². The van der Waals surface area contributed by atoms with E-state index >= 15 is 0 Å². The van der Waals surface area contributed by atoms with Gasteiger partial charge in [0.2, 0.25) is 5.75 Å². The first-order chi connectivity index (χ1) is 9.33. The summed E-state index contributed by atoms with van der Waals surface area (Å²) in [7, 11) is -4.79. The molecule has 0 aliphatic heterocycles. The maximum Gasteiger partial charge on any atom is 0.573 e. The summed E-state index contributed by atoms with van der Waals surface area (Å²) in [6, 6.07) is -0.0627. The van der Waals surface area contributed by atoms with Crippen molar-refractivity contribution in [1.82, 2.24) is 4.98 Å². The molecule has 0 saturated heterocycles. The van der Waals surface area contributed by atoms with Gasteiger partial charge in [-0.25, -0.2) is 27.3 Å². The summed E-state index contributed by atoms with van der Waals surface area (Å²) in [6.07, 6.45) is -9.22. The van der Waals surface area contributed by atoms with Gasteiger partial charge in [-0.05, 0) is 0 Å². The van der Waals surface area contributed by atoms with Crippen molar-refractivity contribution < 1.29 is 40.0 Å². The van der Waals surface area contributed by atoms with E-state index in [1.54, 1.807) is 0 Å². The fourth-order valence-electron chi connectivity index (χ4n) is 1.19. The van der Waals surface area contributed by atoms with Gasteiger partial charge in [0, 0.05) is 6.07 Å². The average Bonchev–Trinajstić information content (AvgIpc) is 2.23. The predicted octanol–water partition coefficient (Wildman–Crippen LogP) is 1.47. The predicted molar refractivity (Wildman–Crippen MR) is 53.9 cm³/mol. The van der Waals surface area contributed by atoms with Gasteiger partial charge in [0.05, 0.1) is 4.92 Å². The zero-order valence-corrected chi connectivity index (χ0v) is 10.3. The molecule has 1 aromatic rings. The lowest BCUT2D eigenvalue weighted by Gasteiger charge is -2.12. The molecule has 118 valence electrons. The summed E-state index contributed by atoms with van der Waals surface area (Å²) < 4.78 is 86.7. The molecule has 0 atom stereocenters. The van der Waals surface area contributed by atoms with E-state index in [1.165, 1.54) is 0 Å². The van der Waals surface area contributed by atoms with Gasteiger partial charge in [-0.15, -0.1) is 13.2 Å². The van der Waals surface area contributed by atoms with Crippen molar-refractivity contribution in [3.8, 4) is 5.75 Å². The molecule has 8 nitrogen and oxygen atoms in total. The lowest BCUT2D eigenvalue weighted by atomic mass is 10.3. The van der Waals surface area contributed by atoms with Crippen LogP contribution in [0, 0.1) is 10.1 Å². The Balaban J connectivity index is 3.72. The minimum atomic E-state index is -5.48. The Labute approximate surface area is 112 Å². The van der Waals surface area contributed by atoms with Crippen molar-refractivity contribution in [3.05, 3.63) is 21.9 Å². The van der Waals surface area contributed by atoms with E-state index in [1.807, 2.05) is 0 Å². The lowest BCUT2D eigenvalue weighted by molar-refractivity contribution is -0.390. The quantitative estimate of drug-likeness (QED) is 0.504. The maximum absolute atomic E-state index is 12.6. The van der Waals surface area contributed by atoms with Crippen molar-refractivity contribution in [3.63, 3.8) is 0 Å². The van der Waals surface area contributed by atoms with Crippen LogP contribution < -0.4 is 9.88 Å². The van der Waals surface area contributed by atoms with Gasteiger partial charge in [0.15, 0.2) is 10.7 Å². The smallest absolute Gasteiger partial charge is 0.398 e. The van der Waals surface area contributed by atoms with Gasteiger partial charge in [0.25, 0.3) is 16.4 Å². The highest BCUT2D eigenvalue weighted by atomic mass is 32.2. The zero-order valence-electron chi connectivity index (χ0n) is 9.47. The third-order valence-electron chi connectivity index (χ3n) is 1.87. The number of nitrogens with zero attached hydrogens (tertiary/aromatic N) is 2. The Morgan fingerprint density at radius 1 is 1.38 bits per heavy atom. The van der Waals surface area contributed by atoms with E-state index in [0.29, 0.717) is 0 Å². The molecule has 0 radical (unpaired) electrons. The first kappa shape index (κ1) is 17.0. The first-order valence-electron chi connectivity index (χ1n) is 4.59. The van der Waals surface area contributed by atoms with Gasteiger partial charge >= 0.3 is 12.0 Å². The van der Waals surface area contributed by atoms with E-state index in [4.69, 9.17) is 0 Å². The van der Waals surface area contributed by atoms with Crippen LogP contribution in [-0.2, 0) is 10.0 Å². The second kappa shape index (κ2) is 5.36. The molecule has 0 aromatic carbocycles. The van der Waals surface area contributed by atoms with Crippen molar-refractivity contribution in [1.29, 1.82) is 0 Å². The van der Waals surface area contributed by atoms with Crippen LogP contribution in [-0.4, -0.2) is 24.7 Å². The second-order valence-corrected chi connectivity index (χ2v) is 4.85. The molecule has 14 heteroatoms. The summed E-state index contributed by atoms with van der Waals surface area (Å²) >= 11 is 0. The highest BCUT2D eigenvalue weighted by Gasteiger charge is 2.39. The number of sulfonamides is 1. The van der Waals surface area contributed by atoms with Crippen molar-refractivity contribution in [2.45, 2.75) is 17.8 Å². The molecule has 0 fully saturated rings. The van der Waals surface area contributed by atoms with E-state index in [2.05, 4.69) is 14.9 Å². The minimum absolute atomic E-state index is 0.0627. The summed E-state index contributed by atoms with van der Waals surface area (Å²) in [4.78, 5) is 11.7. The molecule has 0 unspecified atom stereocenters. The number of nitro groups is 1. The maximum atomic E-state index is 12.6.